The van der Waals surface area contributed by atoms with Gasteiger partial charge in [0.25, 0.3) is 0 Å². The highest BCUT2D eigenvalue weighted by atomic mass is 31.1. The van der Waals surface area contributed by atoms with Crippen LogP contribution >= 0.6 is 16.2 Å². The molecule has 1 aliphatic heterocycles. The summed E-state index contributed by atoms with van der Waals surface area (Å²) in [5.41, 5.74) is 7.05. The van der Waals surface area contributed by atoms with Crippen molar-refractivity contribution < 1.29 is 4.52 Å². The van der Waals surface area contributed by atoms with Crippen molar-refractivity contribution in [1.29, 1.82) is 0 Å². The molecule has 5 aliphatic rings. The van der Waals surface area contributed by atoms with Crippen molar-refractivity contribution in [2.45, 2.75) is 144 Å². The predicted molar refractivity (Wildman–Crippen MR) is 148 cm³/mol. The van der Waals surface area contributed by atoms with Crippen LogP contribution in [0.4, 0.5) is 0 Å². The quantitative estimate of drug-likeness (QED) is 0.331. The lowest BCUT2D eigenvalue weighted by Gasteiger charge is -2.47. The molecular formula is C30H47NOP2. The fourth-order valence-corrected chi connectivity index (χ4v) is 15.2. The molecule has 0 unspecified atom stereocenters. The van der Waals surface area contributed by atoms with Gasteiger partial charge in [-0.3, -0.25) is 4.67 Å². The molecule has 1 atom stereocenters. The SMILES string of the molecule is c1ccc2c(c1)C[C@H](COP(C1CCCC1)C1CCCC1)N(P(C1CCCC1)C1CCCC1)C2. The molecule has 0 spiro atoms. The van der Waals surface area contributed by atoms with Crippen LogP contribution in [-0.2, 0) is 17.5 Å². The third-order valence-electron chi connectivity index (χ3n) is 9.81. The largest absolute Gasteiger partial charge is 0.357 e. The summed E-state index contributed by atoms with van der Waals surface area (Å²) in [5, 5.41) is 0. The van der Waals surface area contributed by atoms with Gasteiger partial charge in [0.05, 0.1) is 6.61 Å². The number of rotatable bonds is 8. The van der Waals surface area contributed by atoms with E-state index >= 15 is 0 Å². The summed E-state index contributed by atoms with van der Waals surface area (Å²) in [7, 11) is -0.269. The summed E-state index contributed by atoms with van der Waals surface area (Å²) in [6, 6.07) is 10.0. The van der Waals surface area contributed by atoms with Gasteiger partial charge in [-0.25, -0.2) is 0 Å². The zero-order valence-corrected chi connectivity index (χ0v) is 23.2. The molecule has 34 heavy (non-hydrogen) atoms. The molecule has 0 amide bonds. The van der Waals surface area contributed by atoms with Gasteiger partial charge in [-0.1, -0.05) is 75.6 Å². The minimum atomic E-state index is -0.233. The lowest BCUT2D eigenvalue weighted by Crippen LogP contribution is -2.43. The van der Waals surface area contributed by atoms with Crippen molar-refractivity contribution in [2.75, 3.05) is 6.61 Å². The van der Waals surface area contributed by atoms with E-state index in [0.717, 1.165) is 29.2 Å². The Labute approximate surface area is 211 Å². The molecule has 1 aromatic carbocycles. The maximum Gasteiger partial charge on any atom is 0.0671 e. The van der Waals surface area contributed by atoms with Gasteiger partial charge >= 0.3 is 0 Å². The molecule has 4 fully saturated rings. The van der Waals surface area contributed by atoms with E-state index in [1.807, 2.05) is 0 Å². The monoisotopic (exact) mass is 499 g/mol. The summed E-state index contributed by atoms with van der Waals surface area (Å²) in [4.78, 5) is 0. The van der Waals surface area contributed by atoms with E-state index in [1.54, 1.807) is 11.1 Å². The highest BCUT2D eigenvalue weighted by Crippen LogP contribution is 2.62. The van der Waals surface area contributed by atoms with Gasteiger partial charge in [0.2, 0.25) is 0 Å². The molecule has 188 valence electrons. The van der Waals surface area contributed by atoms with Crippen molar-refractivity contribution in [1.82, 2.24) is 4.67 Å². The Morgan fingerprint density at radius 2 is 1.12 bits per heavy atom. The number of hydrogen-bond acceptors (Lipinski definition) is 2. The fourth-order valence-electron chi connectivity index (χ4n) is 8.04. The summed E-state index contributed by atoms with van der Waals surface area (Å²) >= 11 is 0. The van der Waals surface area contributed by atoms with E-state index in [4.69, 9.17) is 4.52 Å². The topological polar surface area (TPSA) is 12.5 Å². The Morgan fingerprint density at radius 3 is 1.65 bits per heavy atom. The molecule has 0 saturated heterocycles. The molecule has 1 heterocycles. The summed E-state index contributed by atoms with van der Waals surface area (Å²) in [6.07, 6.45) is 24.8. The van der Waals surface area contributed by atoms with Gasteiger partial charge < -0.3 is 4.52 Å². The van der Waals surface area contributed by atoms with Crippen LogP contribution in [0.15, 0.2) is 24.3 Å². The predicted octanol–water partition coefficient (Wildman–Crippen LogP) is 8.99. The first-order valence-electron chi connectivity index (χ1n) is 14.9. The Hall–Kier alpha value is -0.0000000000000000555. The van der Waals surface area contributed by atoms with Crippen LogP contribution in [-0.4, -0.2) is 40.0 Å². The molecule has 4 heteroatoms. The zero-order valence-electron chi connectivity index (χ0n) is 21.4. The maximum absolute atomic E-state index is 7.20. The molecule has 4 saturated carbocycles. The van der Waals surface area contributed by atoms with Crippen LogP contribution in [0.5, 0.6) is 0 Å². The third-order valence-corrected chi connectivity index (χ3v) is 16.3. The van der Waals surface area contributed by atoms with Crippen LogP contribution in [0.1, 0.15) is 114 Å². The molecule has 2 nitrogen and oxygen atoms in total. The molecule has 0 bridgehead atoms. The van der Waals surface area contributed by atoms with Gasteiger partial charge in [-0.05, 0) is 88.3 Å². The minimum absolute atomic E-state index is 0.0356. The van der Waals surface area contributed by atoms with Crippen LogP contribution in [0, 0.1) is 0 Å². The Kier molecular flexibility index (Phi) is 8.30. The Morgan fingerprint density at radius 1 is 0.647 bits per heavy atom. The van der Waals surface area contributed by atoms with Crippen molar-refractivity contribution >= 4 is 16.2 Å². The van der Waals surface area contributed by atoms with Gasteiger partial charge in [-0.15, -0.1) is 0 Å². The second kappa shape index (κ2) is 11.6. The van der Waals surface area contributed by atoms with Crippen LogP contribution in [0.3, 0.4) is 0 Å². The van der Waals surface area contributed by atoms with Crippen molar-refractivity contribution in [3.8, 4) is 0 Å². The highest BCUT2D eigenvalue weighted by Gasteiger charge is 2.42. The van der Waals surface area contributed by atoms with Crippen molar-refractivity contribution in [3.05, 3.63) is 35.4 Å². The normalized spacial score (nSPS) is 28.1. The average molecular weight is 500 g/mol. The smallest absolute Gasteiger partial charge is 0.0671 e. The zero-order chi connectivity index (χ0) is 22.7. The van der Waals surface area contributed by atoms with E-state index in [9.17, 15) is 0 Å². The third kappa shape index (κ3) is 5.32. The number of fused-ring (bicyclic) bond motifs is 1. The second-order valence-corrected chi connectivity index (χ2v) is 17.2. The molecular weight excluding hydrogens is 452 g/mol. The molecule has 0 radical (unpaired) electrons. The molecule has 1 aromatic rings. The fraction of sp³-hybridized carbons (Fsp3) is 0.800. The maximum atomic E-state index is 7.20. The first-order valence-corrected chi connectivity index (χ1v) is 17.7. The summed E-state index contributed by atoms with van der Waals surface area (Å²) in [5.74, 6) is 0. The molecule has 4 aliphatic carbocycles. The summed E-state index contributed by atoms with van der Waals surface area (Å²) < 4.78 is 10.3. The summed E-state index contributed by atoms with van der Waals surface area (Å²) in [6.45, 7) is 2.22. The first-order chi connectivity index (χ1) is 16.9. The highest BCUT2D eigenvalue weighted by molar-refractivity contribution is 7.56. The van der Waals surface area contributed by atoms with E-state index < -0.39 is 0 Å². The molecule has 6 rings (SSSR count). The number of nitrogens with zero attached hydrogens (tertiary/aromatic N) is 1. The van der Waals surface area contributed by atoms with Gasteiger partial charge in [0.15, 0.2) is 0 Å². The van der Waals surface area contributed by atoms with E-state index in [-0.39, 0.29) is 16.2 Å². The van der Waals surface area contributed by atoms with E-state index in [1.165, 1.54) is 116 Å². The number of hydrogen-bond donors (Lipinski definition) is 0. The Balaban J connectivity index is 1.24. The minimum Gasteiger partial charge on any atom is -0.357 e. The van der Waals surface area contributed by atoms with Crippen LogP contribution in [0.25, 0.3) is 0 Å². The lowest BCUT2D eigenvalue weighted by molar-refractivity contribution is 0.202. The Bertz CT molecular complexity index is 746. The standard InChI is InChI=1S/C30H47NOP2/c1-2-12-25-22-31(33(27-13-3-4-14-27)28-15-5-6-16-28)26(21-24(25)11-1)23-32-34(29-17-7-8-18-29)30-19-9-10-20-30/h1-2,11-12,26-30H,3-10,13-23H2/t26-/m1/s1. The van der Waals surface area contributed by atoms with Gasteiger partial charge in [-0.2, -0.15) is 0 Å². The average Bonchev–Trinajstić information content (AvgIpc) is 3.69. The van der Waals surface area contributed by atoms with Gasteiger partial charge in [0.1, 0.15) is 0 Å². The van der Waals surface area contributed by atoms with Crippen molar-refractivity contribution in [2.24, 2.45) is 0 Å². The second-order valence-electron chi connectivity index (χ2n) is 12.0. The number of benzene rings is 1. The molecule has 0 N–H and O–H groups in total. The van der Waals surface area contributed by atoms with Crippen molar-refractivity contribution in [3.63, 3.8) is 0 Å². The lowest BCUT2D eigenvalue weighted by atomic mass is 9.96. The van der Waals surface area contributed by atoms with E-state index in [2.05, 4.69) is 28.9 Å². The van der Waals surface area contributed by atoms with Crippen LogP contribution < -0.4 is 0 Å². The molecule has 0 aromatic heterocycles. The van der Waals surface area contributed by atoms with E-state index in [0.29, 0.717) is 6.04 Å². The first kappa shape index (κ1) is 24.3. The van der Waals surface area contributed by atoms with Crippen LogP contribution in [0.2, 0.25) is 0 Å². The van der Waals surface area contributed by atoms with Gasteiger partial charge in [0, 0.05) is 32.1 Å².